The number of piperidine rings is 1. The van der Waals surface area contributed by atoms with Crippen LogP contribution in [0.5, 0.6) is 0 Å². The van der Waals surface area contributed by atoms with Gasteiger partial charge in [0.05, 0.1) is 12.1 Å². The van der Waals surface area contributed by atoms with Crippen molar-refractivity contribution in [1.29, 1.82) is 0 Å². The van der Waals surface area contributed by atoms with Gasteiger partial charge in [-0.15, -0.1) is 0 Å². The standard InChI is InChI=1S/C16H28F3NO3/c1-5-15(22-11-7-9-16(17,18)19)8-6-10-20(12-15)13(21)23-14(2,3)4/h5-12H2,1-4H3. The van der Waals surface area contributed by atoms with Crippen LogP contribution in [0.4, 0.5) is 18.0 Å². The van der Waals surface area contributed by atoms with Crippen molar-refractivity contribution in [3.05, 3.63) is 0 Å². The molecule has 0 aromatic carbocycles. The van der Waals surface area contributed by atoms with Gasteiger partial charge in [0, 0.05) is 19.6 Å². The SMILES string of the molecule is CCC1(OCCCC(F)(F)F)CCCN(C(=O)OC(C)(C)C)C1. The summed E-state index contributed by atoms with van der Waals surface area (Å²) >= 11 is 0. The average Bonchev–Trinajstić information content (AvgIpc) is 2.41. The van der Waals surface area contributed by atoms with Crippen LogP contribution in [0.3, 0.4) is 0 Å². The molecule has 0 N–H and O–H groups in total. The highest BCUT2D eigenvalue weighted by Crippen LogP contribution is 2.30. The minimum atomic E-state index is -4.15. The second-order valence-electron chi connectivity index (χ2n) is 7.11. The highest BCUT2D eigenvalue weighted by molar-refractivity contribution is 5.68. The van der Waals surface area contributed by atoms with Gasteiger partial charge in [-0.25, -0.2) is 4.79 Å². The van der Waals surface area contributed by atoms with Gasteiger partial charge in [0.1, 0.15) is 5.60 Å². The summed E-state index contributed by atoms with van der Waals surface area (Å²) in [4.78, 5) is 13.8. The molecule has 0 saturated carbocycles. The Morgan fingerprint density at radius 1 is 1.26 bits per heavy atom. The Morgan fingerprint density at radius 3 is 2.43 bits per heavy atom. The van der Waals surface area contributed by atoms with Gasteiger partial charge in [-0.05, 0) is 46.5 Å². The molecule has 23 heavy (non-hydrogen) atoms. The van der Waals surface area contributed by atoms with Crippen molar-refractivity contribution in [2.45, 2.75) is 77.2 Å². The largest absolute Gasteiger partial charge is 0.444 e. The van der Waals surface area contributed by atoms with Crippen LogP contribution < -0.4 is 0 Å². The molecule has 0 bridgehead atoms. The summed E-state index contributed by atoms with van der Waals surface area (Å²) in [7, 11) is 0. The van der Waals surface area contributed by atoms with Gasteiger partial charge in [-0.2, -0.15) is 13.2 Å². The Morgan fingerprint density at radius 2 is 1.91 bits per heavy atom. The molecule has 1 aliphatic heterocycles. The first-order valence-electron chi connectivity index (χ1n) is 8.15. The summed E-state index contributed by atoms with van der Waals surface area (Å²) in [6, 6.07) is 0. The molecule has 0 aromatic heterocycles. The molecule has 0 radical (unpaired) electrons. The second kappa shape index (κ2) is 7.73. The van der Waals surface area contributed by atoms with Crippen molar-refractivity contribution in [3.63, 3.8) is 0 Å². The molecule has 0 aliphatic carbocycles. The first-order valence-corrected chi connectivity index (χ1v) is 8.15. The summed E-state index contributed by atoms with van der Waals surface area (Å²) in [6.45, 7) is 8.34. The van der Waals surface area contributed by atoms with E-state index in [1.54, 1.807) is 25.7 Å². The number of carbonyl (C=O) groups excluding carboxylic acids is 1. The number of hydrogen-bond donors (Lipinski definition) is 0. The minimum Gasteiger partial charge on any atom is -0.444 e. The molecule has 0 spiro atoms. The zero-order valence-electron chi connectivity index (χ0n) is 14.5. The molecular weight excluding hydrogens is 311 g/mol. The molecule has 136 valence electrons. The van der Waals surface area contributed by atoms with Crippen LogP contribution in [-0.2, 0) is 9.47 Å². The predicted octanol–water partition coefficient (Wildman–Crippen LogP) is 4.53. The van der Waals surface area contributed by atoms with Gasteiger partial charge in [-0.1, -0.05) is 6.92 Å². The van der Waals surface area contributed by atoms with Gasteiger partial charge in [-0.3, -0.25) is 0 Å². The zero-order valence-corrected chi connectivity index (χ0v) is 14.5. The number of nitrogens with zero attached hydrogens (tertiary/aromatic N) is 1. The number of ether oxygens (including phenoxy) is 2. The summed E-state index contributed by atoms with van der Waals surface area (Å²) < 4.78 is 47.7. The molecular formula is C16H28F3NO3. The van der Waals surface area contributed by atoms with Crippen LogP contribution in [-0.4, -0.2) is 48.1 Å². The van der Waals surface area contributed by atoms with Crippen LogP contribution in [0.25, 0.3) is 0 Å². The Labute approximate surface area is 136 Å². The molecule has 1 fully saturated rings. The van der Waals surface area contributed by atoms with Crippen LogP contribution in [0.2, 0.25) is 0 Å². The first-order chi connectivity index (χ1) is 10.5. The van der Waals surface area contributed by atoms with Crippen LogP contribution in [0, 0.1) is 0 Å². The fourth-order valence-electron chi connectivity index (χ4n) is 2.65. The van der Waals surface area contributed by atoms with E-state index in [9.17, 15) is 18.0 Å². The van der Waals surface area contributed by atoms with Crippen molar-refractivity contribution in [3.8, 4) is 0 Å². The molecule has 1 heterocycles. The van der Waals surface area contributed by atoms with E-state index in [1.807, 2.05) is 6.92 Å². The summed E-state index contributed by atoms with van der Waals surface area (Å²) in [6.07, 6.45) is -3.30. The fraction of sp³-hybridized carbons (Fsp3) is 0.938. The summed E-state index contributed by atoms with van der Waals surface area (Å²) in [5.74, 6) is 0. The quantitative estimate of drug-likeness (QED) is 0.691. The molecule has 4 nitrogen and oxygen atoms in total. The number of hydrogen-bond acceptors (Lipinski definition) is 3. The van der Waals surface area contributed by atoms with E-state index in [-0.39, 0.29) is 13.0 Å². The number of halogens is 3. The van der Waals surface area contributed by atoms with Gasteiger partial charge < -0.3 is 14.4 Å². The Hall–Kier alpha value is -0.980. The lowest BCUT2D eigenvalue weighted by molar-refractivity contribution is -0.145. The van der Waals surface area contributed by atoms with E-state index in [0.29, 0.717) is 19.5 Å². The topological polar surface area (TPSA) is 38.8 Å². The normalized spacial score (nSPS) is 23.0. The molecule has 0 aromatic rings. The van der Waals surface area contributed by atoms with E-state index in [0.717, 1.165) is 12.8 Å². The fourth-order valence-corrected chi connectivity index (χ4v) is 2.65. The highest BCUT2D eigenvalue weighted by Gasteiger charge is 2.38. The van der Waals surface area contributed by atoms with Crippen molar-refractivity contribution in [1.82, 2.24) is 4.90 Å². The summed E-state index contributed by atoms with van der Waals surface area (Å²) in [5, 5.41) is 0. The van der Waals surface area contributed by atoms with Gasteiger partial charge in [0.2, 0.25) is 0 Å². The average molecular weight is 339 g/mol. The Balaban J connectivity index is 2.55. The number of alkyl halides is 3. The van der Waals surface area contributed by atoms with Crippen molar-refractivity contribution in [2.75, 3.05) is 19.7 Å². The first kappa shape index (κ1) is 20.1. The Kier molecular flexibility index (Phi) is 6.74. The molecule has 1 rings (SSSR count). The van der Waals surface area contributed by atoms with E-state index in [4.69, 9.17) is 9.47 Å². The van der Waals surface area contributed by atoms with Crippen LogP contribution >= 0.6 is 0 Å². The lowest BCUT2D eigenvalue weighted by Gasteiger charge is -2.42. The number of rotatable bonds is 5. The van der Waals surface area contributed by atoms with E-state index < -0.39 is 29.9 Å². The summed E-state index contributed by atoms with van der Waals surface area (Å²) in [5.41, 5.74) is -1.14. The zero-order chi connectivity index (χ0) is 17.7. The lowest BCUT2D eigenvalue weighted by atomic mass is 9.90. The monoisotopic (exact) mass is 339 g/mol. The predicted molar refractivity (Wildman–Crippen MR) is 81.3 cm³/mol. The van der Waals surface area contributed by atoms with Gasteiger partial charge in [0.25, 0.3) is 0 Å². The second-order valence-corrected chi connectivity index (χ2v) is 7.11. The third-order valence-electron chi connectivity index (χ3n) is 3.85. The molecule has 1 aliphatic rings. The lowest BCUT2D eigenvalue weighted by Crippen LogP contribution is -2.52. The van der Waals surface area contributed by atoms with Crippen LogP contribution in [0.15, 0.2) is 0 Å². The van der Waals surface area contributed by atoms with Gasteiger partial charge in [0.15, 0.2) is 0 Å². The minimum absolute atomic E-state index is 0.0511. The van der Waals surface area contributed by atoms with Gasteiger partial charge >= 0.3 is 12.3 Å². The van der Waals surface area contributed by atoms with Crippen LogP contribution in [0.1, 0.15) is 59.8 Å². The van der Waals surface area contributed by atoms with Crippen molar-refractivity contribution >= 4 is 6.09 Å². The van der Waals surface area contributed by atoms with E-state index in [1.165, 1.54) is 0 Å². The third kappa shape index (κ3) is 7.42. The number of likely N-dealkylation sites (tertiary alicyclic amines) is 1. The molecule has 1 saturated heterocycles. The maximum Gasteiger partial charge on any atom is 0.410 e. The maximum absolute atomic E-state index is 12.2. The maximum atomic E-state index is 12.2. The van der Waals surface area contributed by atoms with Crippen molar-refractivity contribution in [2.24, 2.45) is 0 Å². The number of amides is 1. The number of carbonyl (C=O) groups is 1. The smallest absolute Gasteiger partial charge is 0.410 e. The molecule has 7 heteroatoms. The van der Waals surface area contributed by atoms with E-state index in [2.05, 4.69) is 0 Å². The third-order valence-corrected chi connectivity index (χ3v) is 3.85. The highest BCUT2D eigenvalue weighted by atomic mass is 19.4. The molecule has 1 atom stereocenters. The van der Waals surface area contributed by atoms with E-state index >= 15 is 0 Å². The molecule has 1 unspecified atom stereocenters. The Bertz CT molecular complexity index is 393. The molecule has 1 amide bonds. The van der Waals surface area contributed by atoms with Crippen molar-refractivity contribution < 1.29 is 27.4 Å².